The van der Waals surface area contributed by atoms with Crippen LogP contribution in [0.15, 0.2) is 28.7 Å². The molecule has 0 unspecified atom stereocenters. The van der Waals surface area contributed by atoms with Gasteiger partial charge in [-0.2, -0.15) is 0 Å². The van der Waals surface area contributed by atoms with Crippen LogP contribution in [0.3, 0.4) is 0 Å². The summed E-state index contributed by atoms with van der Waals surface area (Å²) in [6, 6.07) is 8.10. The highest BCUT2D eigenvalue weighted by Crippen LogP contribution is 2.30. The maximum Gasteiger partial charge on any atom is 0.0932 e. The molecule has 0 radical (unpaired) electrons. The Bertz CT molecular complexity index is 542. The predicted octanol–water partition coefficient (Wildman–Crippen LogP) is 3.95. The molecule has 2 aromatic carbocycles. The maximum absolute atomic E-state index is 6.05. The summed E-state index contributed by atoms with van der Waals surface area (Å²) in [5.41, 5.74) is 2.24. The first-order valence-corrected chi connectivity index (χ1v) is 5.99. The number of rotatable bonds is 2. The van der Waals surface area contributed by atoms with Gasteiger partial charge in [-0.3, -0.25) is 4.84 Å². The van der Waals surface area contributed by atoms with Crippen molar-refractivity contribution in [3.05, 3.63) is 44.9 Å². The Morgan fingerprint density at radius 2 is 1.94 bits per heavy atom. The van der Waals surface area contributed by atoms with Crippen LogP contribution in [0, 0.1) is 6.92 Å². The van der Waals surface area contributed by atoms with Crippen LogP contribution in [0.25, 0.3) is 10.8 Å². The molecule has 2 N–H and O–H groups in total. The number of nitrogens with two attached hydrogens (primary N) is 1. The zero-order chi connectivity index (χ0) is 11.7. The third-order valence-electron chi connectivity index (χ3n) is 2.57. The van der Waals surface area contributed by atoms with Crippen LogP contribution >= 0.6 is 27.5 Å². The average Bonchev–Trinajstić information content (AvgIpc) is 2.23. The molecule has 16 heavy (non-hydrogen) atoms. The molecule has 0 bridgehead atoms. The summed E-state index contributed by atoms with van der Waals surface area (Å²) in [6.45, 7) is 2.45. The van der Waals surface area contributed by atoms with Gasteiger partial charge in [0.25, 0.3) is 0 Å². The molecular weight excluding hydrogens is 289 g/mol. The van der Waals surface area contributed by atoms with Crippen LogP contribution in [0.1, 0.15) is 11.1 Å². The van der Waals surface area contributed by atoms with Crippen molar-refractivity contribution in [1.29, 1.82) is 0 Å². The molecule has 0 saturated carbocycles. The van der Waals surface area contributed by atoms with E-state index < -0.39 is 0 Å². The maximum atomic E-state index is 6.05. The molecule has 0 amide bonds. The molecule has 0 saturated heterocycles. The number of benzene rings is 2. The van der Waals surface area contributed by atoms with Crippen molar-refractivity contribution in [2.45, 2.75) is 13.5 Å². The monoisotopic (exact) mass is 299 g/mol. The molecule has 0 fully saturated rings. The van der Waals surface area contributed by atoms with E-state index >= 15 is 0 Å². The van der Waals surface area contributed by atoms with Crippen molar-refractivity contribution < 1.29 is 4.84 Å². The highest BCUT2D eigenvalue weighted by molar-refractivity contribution is 9.10. The second-order valence-corrected chi connectivity index (χ2v) is 4.96. The highest BCUT2D eigenvalue weighted by atomic mass is 79.9. The standard InChI is InChI=1S/C12H11BrClNO/c1-7-2-8-4-11(13)12(14)5-9(8)3-10(7)6-16-15/h2-5H,6,15H2,1H3. The summed E-state index contributed by atoms with van der Waals surface area (Å²) in [7, 11) is 0. The Kier molecular flexibility index (Phi) is 3.50. The van der Waals surface area contributed by atoms with E-state index in [2.05, 4.69) is 32.9 Å². The van der Waals surface area contributed by atoms with Crippen molar-refractivity contribution >= 4 is 38.3 Å². The lowest BCUT2D eigenvalue weighted by Crippen LogP contribution is -2.00. The van der Waals surface area contributed by atoms with E-state index in [1.165, 1.54) is 0 Å². The Balaban J connectivity index is 2.65. The van der Waals surface area contributed by atoms with Crippen LogP contribution in [0.2, 0.25) is 5.02 Å². The SMILES string of the molecule is Cc1cc2cc(Br)c(Cl)cc2cc1CON. The number of aryl methyl sites for hydroxylation is 1. The molecular formula is C12H11BrClNO. The number of hydrogen-bond acceptors (Lipinski definition) is 2. The first kappa shape index (κ1) is 11.9. The van der Waals surface area contributed by atoms with Gasteiger partial charge in [-0.05, 0) is 63.0 Å². The molecule has 0 heterocycles. The summed E-state index contributed by atoms with van der Waals surface area (Å²) in [6.07, 6.45) is 0. The van der Waals surface area contributed by atoms with Gasteiger partial charge in [0.05, 0.1) is 11.6 Å². The van der Waals surface area contributed by atoms with Gasteiger partial charge in [-0.25, -0.2) is 5.90 Å². The normalized spacial score (nSPS) is 11.0. The Labute approximate surface area is 107 Å². The van der Waals surface area contributed by atoms with Crippen molar-refractivity contribution in [3.8, 4) is 0 Å². The molecule has 0 aliphatic rings. The van der Waals surface area contributed by atoms with Gasteiger partial charge in [0.2, 0.25) is 0 Å². The Morgan fingerprint density at radius 3 is 2.62 bits per heavy atom. The first-order chi connectivity index (χ1) is 7.61. The van der Waals surface area contributed by atoms with E-state index in [1.54, 1.807) is 0 Å². The summed E-state index contributed by atoms with van der Waals surface area (Å²) in [4.78, 5) is 4.67. The summed E-state index contributed by atoms with van der Waals surface area (Å²) < 4.78 is 0.906. The Morgan fingerprint density at radius 1 is 1.25 bits per heavy atom. The largest absolute Gasteiger partial charge is 0.300 e. The van der Waals surface area contributed by atoms with E-state index in [0.29, 0.717) is 11.6 Å². The fourth-order valence-electron chi connectivity index (χ4n) is 1.70. The first-order valence-electron chi connectivity index (χ1n) is 4.82. The molecule has 2 nitrogen and oxygen atoms in total. The average molecular weight is 301 g/mol. The molecule has 0 atom stereocenters. The number of halogens is 2. The van der Waals surface area contributed by atoms with Gasteiger partial charge in [-0.15, -0.1) is 0 Å². The molecule has 0 aromatic heterocycles. The zero-order valence-corrected chi connectivity index (χ0v) is 11.1. The molecule has 0 aliphatic carbocycles. The lowest BCUT2D eigenvalue weighted by atomic mass is 10.0. The van der Waals surface area contributed by atoms with E-state index in [0.717, 1.165) is 26.4 Å². The van der Waals surface area contributed by atoms with Gasteiger partial charge in [0.15, 0.2) is 0 Å². The number of hydrogen-bond donors (Lipinski definition) is 1. The summed E-state index contributed by atoms with van der Waals surface area (Å²) >= 11 is 9.47. The van der Waals surface area contributed by atoms with Crippen LogP contribution in [-0.4, -0.2) is 0 Å². The molecule has 0 spiro atoms. The Hall–Kier alpha value is -0.610. The molecule has 84 valence electrons. The fraction of sp³-hybridized carbons (Fsp3) is 0.167. The summed E-state index contributed by atoms with van der Waals surface area (Å²) in [5.74, 6) is 5.09. The minimum atomic E-state index is 0.412. The van der Waals surface area contributed by atoms with E-state index in [-0.39, 0.29) is 0 Å². The second-order valence-electron chi connectivity index (χ2n) is 3.70. The number of fused-ring (bicyclic) bond motifs is 1. The van der Waals surface area contributed by atoms with E-state index in [1.807, 2.05) is 19.1 Å². The van der Waals surface area contributed by atoms with Gasteiger partial charge in [0, 0.05) is 4.47 Å². The minimum absolute atomic E-state index is 0.412. The van der Waals surface area contributed by atoms with Crippen LogP contribution < -0.4 is 5.90 Å². The highest BCUT2D eigenvalue weighted by Gasteiger charge is 2.05. The van der Waals surface area contributed by atoms with Crippen LogP contribution in [0.4, 0.5) is 0 Å². The van der Waals surface area contributed by atoms with Crippen molar-refractivity contribution in [1.82, 2.24) is 0 Å². The third-order valence-corrected chi connectivity index (χ3v) is 3.77. The summed E-state index contributed by atoms with van der Waals surface area (Å²) in [5, 5.41) is 2.94. The molecule has 2 aromatic rings. The fourth-order valence-corrected chi connectivity index (χ4v) is 2.23. The topological polar surface area (TPSA) is 35.2 Å². The van der Waals surface area contributed by atoms with E-state index in [9.17, 15) is 0 Å². The van der Waals surface area contributed by atoms with Crippen LogP contribution in [-0.2, 0) is 11.4 Å². The quantitative estimate of drug-likeness (QED) is 0.852. The van der Waals surface area contributed by atoms with Gasteiger partial charge in [0.1, 0.15) is 0 Å². The van der Waals surface area contributed by atoms with Gasteiger partial charge >= 0.3 is 0 Å². The molecule has 0 aliphatic heterocycles. The minimum Gasteiger partial charge on any atom is -0.300 e. The van der Waals surface area contributed by atoms with Crippen LogP contribution in [0.5, 0.6) is 0 Å². The lowest BCUT2D eigenvalue weighted by molar-refractivity contribution is 0.124. The van der Waals surface area contributed by atoms with E-state index in [4.69, 9.17) is 17.5 Å². The van der Waals surface area contributed by atoms with Gasteiger partial charge < -0.3 is 0 Å². The second kappa shape index (κ2) is 4.72. The smallest absolute Gasteiger partial charge is 0.0932 e. The van der Waals surface area contributed by atoms with Crippen molar-refractivity contribution in [3.63, 3.8) is 0 Å². The third kappa shape index (κ3) is 2.23. The van der Waals surface area contributed by atoms with Crippen molar-refractivity contribution in [2.75, 3.05) is 0 Å². The zero-order valence-electron chi connectivity index (χ0n) is 8.76. The lowest BCUT2D eigenvalue weighted by Gasteiger charge is -2.08. The van der Waals surface area contributed by atoms with Gasteiger partial charge in [-0.1, -0.05) is 17.7 Å². The predicted molar refractivity (Wildman–Crippen MR) is 70.4 cm³/mol. The molecule has 2 rings (SSSR count). The molecule has 4 heteroatoms. The van der Waals surface area contributed by atoms with Crippen molar-refractivity contribution in [2.24, 2.45) is 5.90 Å².